The Kier molecular flexibility index (Phi) is 3.66. The zero-order chi connectivity index (χ0) is 9.84. The third-order valence-corrected chi connectivity index (χ3v) is 2.27. The van der Waals surface area contributed by atoms with E-state index in [9.17, 15) is 4.79 Å². The average Bonchev–Trinajstić information content (AvgIpc) is 2.67. The van der Waals surface area contributed by atoms with Gasteiger partial charge in [0.15, 0.2) is 0 Å². The second-order valence-corrected chi connectivity index (χ2v) is 4.32. The zero-order valence-corrected chi connectivity index (χ0v) is 8.69. The van der Waals surface area contributed by atoms with Crippen LogP contribution < -0.4 is 11.1 Å². The third-order valence-electron chi connectivity index (χ3n) is 2.13. The molecular formula is C9H16N2OS. The van der Waals surface area contributed by atoms with Crippen LogP contribution in [0, 0.1) is 5.92 Å². The fourth-order valence-corrected chi connectivity index (χ4v) is 1.53. The molecule has 3 nitrogen and oxygen atoms in total. The van der Waals surface area contributed by atoms with Crippen molar-refractivity contribution < 1.29 is 4.79 Å². The van der Waals surface area contributed by atoms with E-state index in [1.807, 2.05) is 6.92 Å². The van der Waals surface area contributed by atoms with Gasteiger partial charge in [-0.2, -0.15) is 0 Å². The quantitative estimate of drug-likeness (QED) is 0.650. The molecule has 0 aromatic carbocycles. The van der Waals surface area contributed by atoms with Crippen LogP contribution in [0.15, 0.2) is 0 Å². The van der Waals surface area contributed by atoms with E-state index in [-0.39, 0.29) is 23.4 Å². The molecule has 0 heterocycles. The molecule has 4 heteroatoms. The Morgan fingerprint density at radius 3 is 2.77 bits per heavy atom. The number of hydrogen-bond donors (Lipinski definition) is 2. The summed E-state index contributed by atoms with van der Waals surface area (Å²) in [6.45, 7) is 2.02. The Morgan fingerprint density at radius 1 is 1.69 bits per heavy atom. The standard InChI is InChI=1S/C9H16N2OS/c1-6(4-7-2-3-7)11-9(12)5-8(10)13/h6-7H,2-5H2,1H3,(H2,10,13)(H,11,12). The van der Waals surface area contributed by atoms with Gasteiger partial charge in [0.05, 0.1) is 11.4 Å². The fraction of sp³-hybridized carbons (Fsp3) is 0.778. The van der Waals surface area contributed by atoms with E-state index in [1.54, 1.807) is 0 Å². The predicted molar refractivity (Wildman–Crippen MR) is 56.3 cm³/mol. The maximum absolute atomic E-state index is 11.2. The monoisotopic (exact) mass is 200 g/mol. The highest BCUT2D eigenvalue weighted by atomic mass is 32.1. The SMILES string of the molecule is CC(CC1CC1)NC(=O)CC(N)=S. The largest absolute Gasteiger partial charge is 0.393 e. The summed E-state index contributed by atoms with van der Waals surface area (Å²) < 4.78 is 0. The van der Waals surface area contributed by atoms with Crippen molar-refractivity contribution in [3.05, 3.63) is 0 Å². The van der Waals surface area contributed by atoms with Gasteiger partial charge in [0.1, 0.15) is 0 Å². The van der Waals surface area contributed by atoms with E-state index in [1.165, 1.54) is 12.8 Å². The van der Waals surface area contributed by atoms with Crippen LogP contribution in [-0.2, 0) is 4.79 Å². The molecule has 1 atom stereocenters. The lowest BCUT2D eigenvalue weighted by Gasteiger charge is -2.12. The second kappa shape index (κ2) is 4.56. The summed E-state index contributed by atoms with van der Waals surface area (Å²) in [5.41, 5.74) is 5.25. The van der Waals surface area contributed by atoms with Gasteiger partial charge >= 0.3 is 0 Å². The van der Waals surface area contributed by atoms with Crippen LogP contribution in [0.3, 0.4) is 0 Å². The number of carbonyl (C=O) groups excluding carboxylic acids is 1. The van der Waals surface area contributed by atoms with Gasteiger partial charge in [0.2, 0.25) is 5.91 Å². The van der Waals surface area contributed by atoms with Crippen LogP contribution in [0.2, 0.25) is 0 Å². The molecule has 74 valence electrons. The van der Waals surface area contributed by atoms with Crippen LogP contribution in [0.1, 0.15) is 32.6 Å². The van der Waals surface area contributed by atoms with Gasteiger partial charge in [-0.1, -0.05) is 25.1 Å². The smallest absolute Gasteiger partial charge is 0.227 e. The lowest BCUT2D eigenvalue weighted by Crippen LogP contribution is -2.35. The Labute approximate surface area is 84.1 Å². The van der Waals surface area contributed by atoms with Crippen molar-refractivity contribution in [2.24, 2.45) is 11.7 Å². The first-order valence-corrected chi connectivity index (χ1v) is 5.06. The molecule has 0 aromatic heterocycles. The summed E-state index contributed by atoms with van der Waals surface area (Å²) in [5, 5.41) is 2.88. The Hall–Kier alpha value is -0.640. The number of amides is 1. The maximum atomic E-state index is 11.2. The molecule has 1 rings (SSSR count). The normalized spacial score (nSPS) is 17.9. The molecule has 1 amide bonds. The minimum absolute atomic E-state index is 0.0550. The van der Waals surface area contributed by atoms with Gasteiger partial charge in [-0.15, -0.1) is 0 Å². The van der Waals surface area contributed by atoms with E-state index in [0.717, 1.165) is 12.3 Å². The number of nitrogens with one attached hydrogen (secondary N) is 1. The van der Waals surface area contributed by atoms with Crippen molar-refractivity contribution in [2.75, 3.05) is 0 Å². The summed E-state index contributed by atoms with van der Waals surface area (Å²) in [6.07, 6.45) is 3.89. The van der Waals surface area contributed by atoms with Crippen LogP contribution in [0.4, 0.5) is 0 Å². The van der Waals surface area contributed by atoms with Crippen LogP contribution in [0.25, 0.3) is 0 Å². The van der Waals surface area contributed by atoms with Crippen molar-refractivity contribution >= 4 is 23.1 Å². The molecule has 1 aliphatic carbocycles. The highest BCUT2D eigenvalue weighted by molar-refractivity contribution is 7.80. The summed E-state index contributed by atoms with van der Waals surface area (Å²) in [7, 11) is 0. The van der Waals surface area contributed by atoms with Crippen molar-refractivity contribution in [1.29, 1.82) is 0 Å². The average molecular weight is 200 g/mol. The lowest BCUT2D eigenvalue weighted by atomic mass is 10.1. The molecule has 13 heavy (non-hydrogen) atoms. The summed E-state index contributed by atoms with van der Waals surface area (Å²) in [5.74, 6) is 0.778. The van der Waals surface area contributed by atoms with Gasteiger partial charge < -0.3 is 11.1 Å². The van der Waals surface area contributed by atoms with E-state index in [4.69, 9.17) is 5.73 Å². The summed E-state index contributed by atoms with van der Waals surface area (Å²) in [4.78, 5) is 11.4. The Balaban J connectivity index is 2.13. The summed E-state index contributed by atoms with van der Waals surface area (Å²) in [6, 6.07) is 0.259. The van der Waals surface area contributed by atoms with Crippen molar-refractivity contribution in [3.8, 4) is 0 Å². The molecule has 3 N–H and O–H groups in total. The van der Waals surface area contributed by atoms with Gasteiger partial charge in [0.25, 0.3) is 0 Å². The molecular weight excluding hydrogens is 184 g/mol. The van der Waals surface area contributed by atoms with Crippen molar-refractivity contribution in [3.63, 3.8) is 0 Å². The second-order valence-electron chi connectivity index (χ2n) is 3.79. The van der Waals surface area contributed by atoms with E-state index >= 15 is 0 Å². The molecule has 0 aliphatic heterocycles. The number of nitrogens with two attached hydrogens (primary N) is 1. The molecule has 0 saturated heterocycles. The van der Waals surface area contributed by atoms with Crippen LogP contribution >= 0.6 is 12.2 Å². The van der Waals surface area contributed by atoms with Gasteiger partial charge in [-0.05, 0) is 19.3 Å². The van der Waals surface area contributed by atoms with Crippen molar-refractivity contribution in [2.45, 2.75) is 38.6 Å². The van der Waals surface area contributed by atoms with Crippen molar-refractivity contribution in [1.82, 2.24) is 5.32 Å². The molecule has 0 radical (unpaired) electrons. The lowest BCUT2D eigenvalue weighted by molar-refractivity contribution is -0.120. The summed E-state index contributed by atoms with van der Waals surface area (Å²) >= 11 is 4.64. The Morgan fingerprint density at radius 2 is 2.31 bits per heavy atom. The molecule has 1 fully saturated rings. The topological polar surface area (TPSA) is 55.1 Å². The van der Waals surface area contributed by atoms with Crippen LogP contribution in [0.5, 0.6) is 0 Å². The number of rotatable bonds is 5. The van der Waals surface area contributed by atoms with E-state index in [0.29, 0.717) is 0 Å². The molecule has 1 saturated carbocycles. The Bertz CT molecular complexity index is 214. The van der Waals surface area contributed by atoms with E-state index < -0.39 is 0 Å². The predicted octanol–water partition coefficient (Wildman–Crippen LogP) is 0.967. The molecule has 1 unspecified atom stereocenters. The highest BCUT2D eigenvalue weighted by Crippen LogP contribution is 2.33. The van der Waals surface area contributed by atoms with Gasteiger partial charge in [-0.25, -0.2) is 0 Å². The minimum atomic E-state index is -0.0550. The first kappa shape index (κ1) is 10.4. The van der Waals surface area contributed by atoms with Crippen LogP contribution in [-0.4, -0.2) is 16.9 Å². The first-order valence-electron chi connectivity index (χ1n) is 4.65. The molecule has 0 aromatic rings. The number of thiocarbonyl (C=S) groups is 1. The molecule has 1 aliphatic rings. The van der Waals surface area contributed by atoms with Gasteiger partial charge in [-0.3, -0.25) is 4.79 Å². The molecule has 0 spiro atoms. The number of hydrogen-bond acceptors (Lipinski definition) is 2. The number of carbonyl (C=O) groups is 1. The maximum Gasteiger partial charge on any atom is 0.227 e. The zero-order valence-electron chi connectivity index (χ0n) is 7.88. The van der Waals surface area contributed by atoms with Gasteiger partial charge in [0, 0.05) is 6.04 Å². The molecule has 0 bridgehead atoms. The minimum Gasteiger partial charge on any atom is -0.393 e. The third kappa shape index (κ3) is 4.83. The fourth-order valence-electron chi connectivity index (χ4n) is 1.40. The first-order chi connectivity index (χ1) is 6.08. The highest BCUT2D eigenvalue weighted by Gasteiger charge is 2.24. The van der Waals surface area contributed by atoms with E-state index in [2.05, 4.69) is 17.5 Å².